The summed E-state index contributed by atoms with van der Waals surface area (Å²) in [6.45, 7) is 3.77. The zero-order valence-corrected chi connectivity index (χ0v) is 13.4. The second kappa shape index (κ2) is 6.54. The summed E-state index contributed by atoms with van der Waals surface area (Å²) in [7, 11) is 2.03. The average molecular weight is 342 g/mol. The Morgan fingerprint density at radius 1 is 1.50 bits per heavy atom. The van der Waals surface area contributed by atoms with Crippen LogP contribution in [0.2, 0.25) is 0 Å². The van der Waals surface area contributed by atoms with E-state index in [0.29, 0.717) is 11.6 Å². The molecule has 0 amide bonds. The Morgan fingerprint density at radius 3 is 2.85 bits per heavy atom. The van der Waals surface area contributed by atoms with Gasteiger partial charge in [-0.2, -0.15) is 0 Å². The van der Waals surface area contributed by atoms with E-state index >= 15 is 0 Å². The fourth-order valence-electron chi connectivity index (χ4n) is 2.65. The second-order valence-corrected chi connectivity index (χ2v) is 6.23. The quantitative estimate of drug-likeness (QED) is 0.674. The van der Waals surface area contributed by atoms with E-state index in [-0.39, 0.29) is 10.6 Å². The highest BCUT2D eigenvalue weighted by Crippen LogP contribution is 2.32. The zero-order valence-electron chi connectivity index (χ0n) is 11.9. The molecule has 0 spiro atoms. The van der Waals surface area contributed by atoms with Crippen molar-refractivity contribution in [2.75, 3.05) is 25.0 Å². The molecule has 6 heteroatoms. The summed E-state index contributed by atoms with van der Waals surface area (Å²) in [6, 6.07) is 3.97. The average Bonchev–Trinajstić information content (AvgIpc) is 2.41. The number of nitrogens with one attached hydrogen (secondary N) is 1. The molecule has 1 unspecified atom stereocenters. The Morgan fingerprint density at radius 2 is 2.25 bits per heavy atom. The summed E-state index contributed by atoms with van der Waals surface area (Å²) >= 11 is 3.45. The normalized spacial score (nSPS) is 18.9. The summed E-state index contributed by atoms with van der Waals surface area (Å²) in [5.41, 5.74) is 1.85. The number of hydrogen-bond donors (Lipinski definition) is 1. The third-order valence-electron chi connectivity index (χ3n) is 3.78. The van der Waals surface area contributed by atoms with Crippen LogP contribution in [0.15, 0.2) is 16.6 Å². The number of benzene rings is 1. The van der Waals surface area contributed by atoms with Gasteiger partial charge in [0, 0.05) is 35.7 Å². The second-order valence-electron chi connectivity index (χ2n) is 5.37. The summed E-state index contributed by atoms with van der Waals surface area (Å²) in [4.78, 5) is 12.7. The maximum absolute atomic E-state index is 10.9. The number of piperidine rings is 1. The van der Waals surface area contributed by atoms with E-state index in [2.05, 4.69) is 26.1 Å². The minimum absolute atomic E-state index is 0.157. The van der Waals surface area contributed by atoms with Crippen LogP contribution in [0.5, 0.6) is 0 Å². The first-order chi connectivity index (χ1) is 9.49. The molecule has 2 rings (SSSR count). The van der Waals surface area contributed by atoms with Gasteiger partial charge in [0.25, 0.3) is 5.69 Å². The lowest BCUT2D eigenvalue weighted by molar-refractivity contribution is -0.385. The summed E-state index contributed by atoms with van der Waals surface area (Å²) in [5.74, 6) is 0. The van der Waals surface area contributed by atoms with Crippen LogP contribution in [0.25, 0.3) is 0 Å². The van der Waals surface area contributed by atoms with Crippen LogP contribution >= 0.6 is 15.9 Å². The molecule has 0 radical (unpaired) electrons. The third-order valence-corrected chi connectivity index (χ3v) is 4.42. The van der Waals surface area contributed by atoms with Gasteiger partial charge in [0.05, 0.1) is 10.6 Å². The van der Waals surface area contributed by atoms with E-state index in [1.54, 1.807) is 13.0 Å². The Bertz CT molecular complexity index is 501. The minimum atomic E-state index is -0.341. The molecule has 1 aromatic carbocycles. The van der Waals surface area contributed by atoms with Crippen molar-refractivity contribution in [3.8, 4) is 0 Å². The van der Waals surface area contributed by atoms with Crippen molar-refractivity contribution in [3.05, 3.63) is 32.3 Å². The Balaban J connectivity index is 2.14. The molecule has 0 aliphatic carbocycles. The number of nitro groups is 1. The molecule has 5 nitrogen and oxygen atoms in total. The van der Waals surface area contributed by atoms with Crippen LogP contribution in [0.1, 0.15) is 24.8 Å². The Kier molecular flexibility index (Phi) is 4.99. The summed E-state index contributed by atoms with van der Waals surface area (Å²) in [6.07, 6.45) is 3.71. The fraction of sp³-hybridized carbons (Fsp3) is 0.571. The molecule has 110 valence electrons. The van der Waals surface area contributed by atoms with E-state index in [1.165, 1.54) is 19.3 Å². The van der Waals surface area contributed by atoms with Crippen molar-refractivity contribution in [1.29, 1.82) is 0 Å². The standard InChI is InChI=1S/C14H20BrN3O2/c1-10-7-14(12(15)8-13(10)18(19)20)17(2)9-11-5-3-4-6-16-11/h7-8,11,16H,3-6,9H2,1-2H3. The van der Waals surface area contributed by atoms with Crippen molar-refractivity contribution in [2.45, 2.75) is 32.2 Å². The highest BCUT2D eigenvalue weighted by atomic mass is 79.9. The van der Waals surface area contributed by atoms with Crippen LogP contribution < -0.4 is 10.2 Å². The molecule has 1 N–H and O–H groups in total. The first-order valence-corrected chi connectivity index (χ1v) is 7.67. The van der Waals surface area contributed by atoms with Gasteiger partial charge in [0.2, 0.25) is 0 Å². The van der Waals surface area contributed by atoms with E-state index in [1.807, 2.05) is 13.1 Å². The number of aryl methyl sites for hydroxylation is 1. The lowest BCUT2D eigenvalue weighted by Crippen LogP contribution is -2.42. The molecule has 1 fully saturated rings. The highest BCUT2D eigenvalue weighted by Gasteiger charge is 2.19. The minimum Gasteiger partial charge on any atom is -0.372 e. The van der Waals surface area contributed by atoms with Crippen LogP contribution in [0, 0.1) is 17.0 Å². The number of anilines is 1. The van der Waals surface area contributed by atoms with E-state index in [9.17, 15) is 10.1 Å². The molecule has 1 heterocycles. The van der Waals surface area contributed by atoms with Crippen molar-refractivity contribution in [3.63, 3.8) is 0 Å². The number of nitro benzene ring substituents is 1. The largest absolute Gasteiger partial charge is 0.372 e. The lowest BCUT2D eigenvalue weighted by Gasteiger charge is -2.30. The molecule has 0 saturated carbocycles. The molecule has 1 saturated heterocycles. The van der Waals surface area contributed by atoms with Crippen LogP contribution in [-0.2, 0) is 0 Å². The topological polar surface area (TPSA) is 58.4 Å². The molecule has 1 aliphatic heterocycles. The molecule has 0 bridgehead atoms. The van der Waals surface area contributed by atoms with E-state index in [0.717, 1.165) is 23.2 Å². The lowest BCUT2D eigenvalue weighted by atomic mass is 10.0. The van der Waals surface area contributed by atoms with Gasteiger partial charge < -0.3 is 10.2 Å². The Labute approximate surface area is 127 Å². The van der Waals surface area contributed by atoms with Crippen molar-refractivity contribution in [2.24, 2.45) is 0 Å². The molecule has 20 heavy (non-hydrogen) atoms. The monoisotopic (exact) mass is 341 g/mol. The van der Waals surface area contributed by atoms with Crippen molar-refractivity contribution >= 4 is 27.3 Å². The molecule has 1 aliphatic rings. The van der Waals surface area contributed by atoms with Crippen LogP contribution in [0.4, 0.5) is 11.4 Å². The Hall–Kier alpha value is -1.14. The molecule has 0 aromatic heterocycles. The van der Waals surface area contributed by atoms with Crippen molar-refractivity contribution < 1.29 is 4.92 Å². The van der Waals surface area contributed by atoms with E-state index < -0.39 is 0 Å². The van der Waals surface area contributed by atoms with Crippen LogP contribution in [0.3, 0.4) is 0 Å². The smallest absolute Gasteiger partial charge is 0.273 e. The molecular formula is C14H20BrN3O2. The van der Waals surface area contributed by atoms with Gasteiger partial charge >= 0.3 is 0 Å². The number of halogens is 1. The first kappa shape index (κ1) is 15.3. The molecular weight excluding hydrogens is 322 g/mol. The molecule has 1 aromatic rings. The van der Waals surface area contributed by atoms with E-state index in [4.69, 9.17) is 0 Å². The van der Waals surface area contributed by atoms with Gasteiger partial charge in [0.1, 0.15) is 0 Å². The van der Waals surface area contributed by atoms with Gasteiger partial charge in [-0.25, -0.2) is 0 Å². The van der Waals surface area contributed by atoms with Crippen LogP contribution in [-0.4, -0.2) is 31.1 Å². The van der Waals surface area contributed by atoms with Gasteiger partial charge in [-0.3, -0.25) is 10.1 Å². The number of hydrogen-bond acceptors (Lipinski definition) is 4. The van der Waals surface area contributed by atoms with Crippen molar-refractivity contribution in [1.82, 2.24) is 5.32 Å². The summed E-state index contributed by atoms with van der Waals surface area (Å²) < 4.78 is 0.771. The van der Waals surface area contributed by atoms with Gasteiger partial charge in [-0.15, -0.1) is 0 Å². The van der Waals surface area contributed by atoms with Gasteiger partial charge in [-0.05, 0) is 48.3 Å². The third kappa shape index (κ3) is 3.49. The highest BCUT2D eigenvalue weighted by molar-refractivity contribution is 9.10. The SMILES string of the molecule is Cc1cc(N(C)CC2CCCCN2)c(Br)cc1[N+](=O)[O-]. The maximum atomic E-state index is 10.9. The summed E-state index contributed by atoms with van der Waals surface area (Å²) in [5, 5.41) is 14.5. The first-order valence-electron chi connectivity index (χ1n) is 6.88. The maximum Gasteiger partial charge on any atom is 0.273 e. The number of likely N-dealkylation sites (N-methyl/N-ethyl adjacent to an activating group) is 1. The number of rotatable bonds is 4. The molecule has 1 atom stereocenters. The predicted octanol–water partition coefficient (Wildman–Crippen LogP) is 3.24. The zero-order chi connectivity index (χ0) is 14.7. The fourth-order valence-corrected chi connectivity index (χ4v) is 3.29. The van der Waals surface area contributed by atoms with Gasteiger partial charge in [0.15, 0.2) is 0 Å². The number of nitrogens with zero attached hydrogens (tertiary/aromatic N) is 2. The van der Waals surface area contributed by atoms with Gasteiger partial charge in [-0.1, -0.05) is 6.42 Å². The predicted molar refractivity (Wildman–Crippen MR) is 84.4 cm³/mol.